The first-order chi connectivity index (χ1) is 18.1. The van der Waals surface area contributed by atoms with Gasteiger partial charge in [0.2, 0.25) is 0 Å². The van der Waals surface area contributed by atoms with Gasteiger partial charge in [-0.05, 0) is 41.3 Å². The maximum Gasteiger partial charge on any atom is 0.338 e. The molecule has 0 bridgehead atoms. The summed E-state index contributed by atoms with van der Waals surface area (Å²) in [5, 5.41) is 0. The Labute approximate surface area is 218 Å². The van der Waals surface area contributed by atoms with Crippen molar-refractivity contribution >= 4 is 23.4 Å². The number of hydrogen-bond donors (Lipinski definition) is 0. The van der Waals surface area contributed by atoms with Crippen LogP contribution in [0.2, 0.25) is 0 Å². The molecular formula is C30H26N2O4S. The quantitative estimate of drug-likeness (QED) is 0.346. The van der Waals surface area contributed by atoms with E-state index >= 15 is 0 Å². The molecule has 0 spiro atoms. The van der Waals surface area contributed by atoms with Gasteiger partial charge in [-0.25, -0.2) is 9.79 Å². The molecule has 0 fully saturated rings. The van der Waals surface area contributed by atoms with Crippen LogP contribution >= 0.6 is 11.3 Å². The molecule has 6 nitrogen and oxygen atoms in total. The summed E-state index contributed by atoms with van der Waals surface area (Å²) < 4.78 is 13.1. The SMILES string of the molecule is CCC1=C(C(=O)OC)[C@H](c2ccccc2)n2c(s/c(=C\c3ccc(OCc4ccccc4)cc3)c2=O)=N1. The number of esters is 1. The van der Waals surface area contributed by atoms with Crippen LogP contribution in [0.25, 0.3) is 6.08 Å². The normalized spacial score (nSPS) is 15.2. The smallest absolute Gasteiger partial charge is 0.338 e. The van der Waals surface area contributed by atoms with E-state index in [1.165, 1.54) is 18.4 Å². The molecule has 1 aliphatic heterocycles. The number of carbonyl (C=O) groups is 1. The van der Waals surface area contributed by atoms with Crippen LogP contribution in [0.5, 0.6) is 5.75 Å². The van der Waals surface area contributed by atoms with Crippen LogP contribution < -0.4 is 19.6 Å². The molecule has 0 saturated carbocycles. The number of methoxy groups -OCH3 is 1. The minimum Gasteiger partial charge on any atom is -0.489 e. The Morgan fingerprint density at radius 2 is 1.68 bits per heavy atom. The number of carbonyl (C=O) groups excluding carboxylic acids is 1. The molecule has 37 heavy (non-hydrogen) atoms. The predicted molar refractivity (Wildman–Crippen MR) is 144 cm³/mol. The third-order valence-corrected chi connectivity index (χ3v) is 7.17. The average Bonchev–Trinajstić information content (AvgIpc) is 3.26. The highest BCUT2D eigenvalue weighted by Crippen LogP contribution is 2.31. The van der Waals surface area contributed by atoms with Crippen LogP contribution in [0.3, 0.4) is 0 Å². The van der Waals surface area contributed by atoms with Gasteiger partial charge in [-0.1, -0.05) is 91.1 Å². The summed E-state index contributed by atoms with van der Waals surface area (Å²) in [5.74, 6) is 0.275. The van der Waals surface area contributed by atoms with E-state index in [4.69, 9.17) is 14.5 Å². The molecule has 5 rings (SSSR count). The molecule has 0 amide bonds. The van der Waals surface area contributed by atoms with Gasteiger partial charge in [0.25, 0.3) is 5.56 Å². The zero-order valence-electron chi connectivity index (χ0n) is 20.6. The number of fused-ring (bicyclic) bond motifs is 1. The van der Waals surface area contributed by atoms with Crippen LogP contribution in [0.15, 0.2) is 106 Å². The minimum absolute atomic E-state index is 0.196. The van der Waals surface area contributed by atoms with E-state index in [-0.39, 0.29) is 5.56 Å². The second-order valence-electron chi connectivity index (χ2n) is 8.54. The molecule has 0 unspecified atom stereocenters. The highest BCUT2D eigenvalue weighted by atomic mass is 32.1. The fraction of sp³-hybridized carbons (Fsp3) is 0.167. The fourth-order valence-corrected chi connectivity index (χ4v) is 5.39. The zero-order valence-corrected chi connectivity index (χ0v) is 21.4. The molecule has 0 aliphatic carbocycles. The van der Waals surface area contributed by atoms with Crippen molar-refractivity contribution in [3.8, 4) is 5.75 Å². The van der Waals surface area contributed by atoms with Crippen LogP contribution in [-0.4, -0.2) is 17.6 Å². The molecule has 1 aromatic heterocycles. The van der Waals surface area contributed by atoms with Crippen LogP contribution in [0.1, 0.15) is 36.1 Å². The van der Waals surface area contributed by atoms with E-state index in [1.807, 2.05) is 97.9 Å². The number of thiazole rings is 1. The summed E-state index contributed by atoms with van der Waals surface area (Å²) in [5.41, 5.74) is 3.63. The summed E-state index contributed by atoms with van der Waals surface area (Å²) >= 11 is 1.32. The molecular weight excluding hydrogens is 484 g/mol. The molecule has 0 saturated heterocycles. The summed E-state index contributed by atoms with van der Waals surface area (Å²) in [6.45, 7) is 2.43. The Balaban J connectivity index is 1.52. The summed E-state index contributed by atoms with van der Waals surface area (Å²) in [6.07, 6.45) is 2.39. The van der Waals surface area contributed by atoms with Gasteiger partial charge in [-0.2, -0.15) is 0 Å². The van der Waals surface area contributed by atoms with Crippen LogP contribution in [0.4, 0.5) is 0 Å². The van der Waals surface area contributed by atoms with E-state index in [1.54, 1.807) is 4.57 Å². The number of allylic oxidation sites excluding steroid dienone is 1. The van der Waals surface area contributed by atoms with Crippen molar-refractivity contribution in [1.82, 2.24) is 4.57 Å². The van der Waals surface area contributed by atoms with E-state index in [0.717, 1.165) is 22.4 Å². The van der Waals surface area contributed by atoms with Crippen LogP contribution in [0, 0.1) is 0 Å². The number of benzene rings is 3. The number of rotatable bonds is 7. The van der Waals surface area contributed by atoms with Crippen molar-refractivity contribution in [2.24, 2.45) is 4.99 Å². The lowest BCUT2D eigenvalue weighted by Gasteiger charge is -2.25. The van der Waals surface area contributed by atoms with Gasteiger partial charge < -0.3 is 9.47 Å². The van der Waals surface area contributed by atoms with Gasteiger partial charge in [0.15, 0.2) is 4.80 Å². The van der Waals surface area contributed by atoms with Gasteiger partial charge in [-0.15, -0.1) is 0 Å². The zero-order chi connectivity index (χ0) is 25.8. The van der Waals surface area contributed by atoms with Gasteiger partial charge in [0.1, 0.15) is 12.4 Å². The van der Waals surface area contributed by atoms with Crippen LogP contribution in [-0.2, 0) is 16.1 Å². The number of ether oxygens (including phenoxy) is 2. The Morgan fingerprint density at radius 3 is 2.32 bits per heavy atom. The Kier molecular flexibility index (Phi) is 7.14. The molecule has 3 aromatic carbocycles. The van der Waals surface area contributed by atoms with Crippen molar-refractivity contribution in [3.05, 3.63) is 133 Å². The fourth-order valence-electron chi connectivity index (χ4n) is 4.37. The topological polar surface area (TPSA) is 69.9 Å². The first-order valence-corrected chi connectivity index (χ1v) is 12.9. The number of hydrogen-bond acceptors (Lipinski definition) is 6. The van der Waals surface area contributed by atoms with Crippen molar-refractivity contribution < 1.29 is 14.3 Å². The lowest BCUT2D eigenvalue weighted by atomic mass is 9.95. The highest BCUT2D eigenvalue weighted by molar-refractivity contribution is 7.07. The second kappa shape index (κ2) is 10.8. The second-order valence-corrected chi connectivity index (χ2v) is 9.55. The van der Waals surface area contributed by atoms with Gasteiger partial charge in [0, 0.05) is 0 Å². The molecule has 186 valence electrons. The molecule has 0 radical (unpaired) electrons. The predicted octanol–water partition coefficient (Wildman–Crippen LogP) is 4.38. The third kappa shape index (κ3) is 5.04. The minimum atomic E-state index is -0.601. The largest absolute Gasteiger partial charge is 0.489 e. The molecule has 2 heterocycles. The number of nitrogens with zero attached hydrogens (tertiary/aromatic N) is 2. The standard InChI is InChI=1S/C30H26N2O4S/c1-3-24-26(29(34)35-2)27(22-12-8-5-9-13-22)32-28(33)25(37-30(32)31-24)18-20-14-16-23(17-15-20)36-19-21-10-6-4-7-11-21/h4-18,27H,3,19H2,1-2H3/b25-18-/t27-/m0/s1. The Bertz CT molecular complexity index is 1620. The molecule has 4 aromatic rings. The van der Waals surface area contributed by atoms with Gasteiger partial charge in [-0.3, -0.25) is 9.36 Å². The summed E-state index contributed by atoms with van der Waals surface area (Å²) in [6, 6.07) is 26.5. The first-order valence-electron chi connectivity index (χ1n) is 12.0. The third-order valence-electron chi connectivity index (χ3n) is 6.19. The maximum atomic E-state index is 13.7. The van der Waals surface area contributed by atoms with Crippen molar-refractivity contribution in [2.75, 3.05) is 7.11 Å². The highest BCUT2D eigenvalue weighted by Gasteiger charge is 2.33. The molecule has 0 N–H and O–H groups in total. The Morgan fingerprint density at radius 1 is 1.00 bits per heavy atom. The Hall–Kier alpha value is -4.23. The van der Waals surface area contributed by atoms with Crippen molar-refractivity contribution in [1.29, 1.82) is 0 Å². The summed E-state index contributed by atoms with van der Waals surface area (Å²) in [4.78, 5) is 31.8. The van der Waals surface area contributed by atoms with Crippen molar-refractivity contribution in [3.63, 3.8) is 0 Å². The molecule has 7 heteroatoms. The van der Waals surface area contributed by atoms with E-state index in [2.05, 4.69) is 0 Å². The lowest BCUT2D eigenvalue weighted by molar-refractivity contribution is -0.136. The number of aromatic nitrogens is 1. The van der Waals surface area contributed by atoms with Gasteiger partial charge >= 0.3 is 5.97 Å². The van der Waals surface area contributed by atoms with E-state index < -0.39 is 12.0 Å². The first kappa shape index (κ1) is 24.5. The van der Waals surface area contributed by atoms with E-state index in [0.29, 0.717) is 33.6 Å². The molecule has 1 atom stereocenters. The van der Waals surface area contributed by atoms with Crippen molar-refractivity contribution in [2.45, 2.75) is 26.0 Å². The monoisotopic (exact) mass is 510 g/mol. The summed E-state index contributed by atoms with van der Waals surface area (Å²) in [7, 11) is 1.35. The molecule has 1 aliphatic rings. The van der Waals surface area contributed by atoms with E-state index in [9.17, 15) is 9.59 Å². The average molecular weight is 511 g/mol. The lowest BCUT2D eigenvalue weighted by Crippen LogP contribution is -2.40. The maximum absolute atomic E-state index is 13.7. The van der Waals surface area contributed by atoms with Gasteiger partial charge in [0.05, 0.1) is 29.0 Å².